The number of ether oxygens (including phenoxy) is 1. The number of aromatic nitrogens is 2. The lowest BCUT2D eigenvalue weighted by Crippen LogP contribution is -2.45. The molecule has 2 amide bonds. The zero-order valence-electron chi connectivity index (χ0n) is 22.2. The Bertz CT molecular complexity index is 1440. The Hall–Kier alpha value is -4.13. The molecule has 3 aromatic carbocycles. The van der Waals surface area contributed by atoms with Gasteiger partial charge in [0.25, 0.3) is 5.91 Å². The van der Waals surface area contributed by atoms with Gasteiger partial charge in [-0.1, -0.05) is 43.7 Å². The van der Waals surface area contributed by atoms with Crippen molar-refractivity contribution in [3.63, 3.8) is 0 Å². The van der Waals surface area contributed by atoms with Crippen molar-refractivity contribution in [3.8, 4) is 17.0 Å². The van der Waals surface area contributed by atoms with E-state index >= 15 is 0 Å². The van der Waals surface area contributed by atoms with Gasteiger partial charge in [0.1, 0.15) is 11.9 Å². The highest BCUT2D eigenvalue weighted by Gasteiger charge is 2.40. The lowest BCUT2D eigenvalue weighted by Gasteiger charge is -2.36. The predicted molar refractivity (Wildman–Crippen MR) is 151 cm³/mol. The molecule has 7 nitrogen and oxygen atoms in total. The third kappa shape index (κ3) is 5.13. The molecule has 39 heavy (non-hydrogen) atoms. The molecule has 4 atom stereocenters. The highest BCUT2D eigenvalue weighted by atomic mass is 16.5. The number of hydrogen-bond donors (Lipinski definition) is 2. The number of rotatable bonds is 9. The first-order valence-corrected chi connectivity index (χ1v) is 14.0. The fraction of sp³-hybridized carbons (Fsp3) is 0.344. The van der Waals surface area contributed by atoms with E-state index in [-0.39, 0.29) is 18.1 Å². The normalized spacial score (nSPS) is 21.1. The number of H-pyrrole nitrogens is 1. The Morgan fingerprint density at radius 1 is 1.08 bits per heavy atom. The molecule has 2 saturated heterocycles. The molecule has 2 N–H and O–H groups in total. The van der Waals surface area contributed by atoms with Crippen LogP contribution in [0.5, 0.6) is 5.75 Å². The Morgan fingerprint density at radius 3 is 2.51 bits per heavy atom. The van der Waals surface area contributed by atoms with Crippen LogP contribution in [0.1, 0.15) is 67.4 Å². The zero-order valence-corrected chi connectivity index (χ0v) is 22.2. The monoisotopic (exact) mass is 522 g/mol. The summed E-state index contributed by atoms with van der Waals surface area (Å²) in [6.07, 6.45) is 6.89. The fourth-order valence-corrected chi connectivity index (χ4v) is 6.23. The summed E-state index contributed by atoms with van der Waals surface area (Å²) in [7, 11) is 0. The van der Waals surface area contributed by atoms with Gasteiger partial charge in [-0.25, -0.2) is 0 Å². The zero-order chi connectivity index (χ0) is 26.8. The third-order valence-corrected chi connectivity index (χ3v) is 8.21. The predicted octanol–water partition coefficient (Wildman–Crippen LogP) is 6.03. The Balaban J connectivity index is 1.17. The molecule has 200 valence electrons. The SMILES string of the molecule is CCC[C@H](NC(=O)c1ccc2[nH]nc(-c3ccc(O[C@H]4C[C@H]5CC[C@@H](C4)N5C=O)cc3)c2c1)c1ccccc1. The highest BCUT2D eigenvalue weighted by Crippen LogP contribution is 2.36. The molecule has 3 heterocycles. The van der Waals surface area contributed by atoms with Crippen LogP contribution in [0.15, 0.2) is 72.8 Å². The van der Waals surface area contributed by atoms with Gasteiger partial charge in [0.15, 0.2) is 0 Å². The van der Waals surface area contributed by atoms with Crippen LogP contribution in [-0.4, -0.2) is 45.6 Å². The van der Waals surface area contributed by atoms with Crippen LogP contribution in [0.3, 0.4) is 0 Å². The van der Waals surface area contributed by atoms with Crippen LogP contribution < -0.4 is 10.1 Å². The molecule has 0 spiro atoms. The lowest BCUT2D eigenvalue weighted by atomic mass is 10.0. The first-order chi connectivity index (χ1) is 19.1. The standard InChI is InChI=1S/C32H34N4O3/c1-2-6-29(21-7-4-3-5-8-21)33-32(38)23-11-16-30-28(17-23)31(35-34-30)22-9-14-26(15-10-22)39-27-18-24-12-13-25(19-27)36(24)20-37/h3-5,7-11,14-17,20,24-25,27,29H,2,6,12-13,18-19H2,1H3,(H,33,38)(H,34,35)/t24-,25+,27+,29-/m0/s1. The van der Waals surface area contributed by atoms with Crippen molar-refractivity contribution in [3.05, 3.63) is 83.9 Å². The van der Waals surface area contributed by atoms with Gasteiger partial charge in [-0.3, -0.25) is 14.7 Å². The molecule has 4 aromatic rings. The van der Waals surface area contributed by atoms with Crippen LogP contribution in [0, 0.1) is 0 Å². The fourth-order valence-electron chi connectivity index (χ4n) is 6.23. The van der Waals surface area contributed by atoms with Crippen molar-refractivity contribution in [2.75, 3.05) is 0 Å². The number of fused-ring (bicyclic) bond motifs is 3. The molecular weight excluding hydrogens is 488 g/mol. The van der Waals surface area contributed by atoms with Crippen molar-refractivity contribution < 1.29 is 14.3 Å². The molecule has 6 rings (SSSR count). The van der Waals surface area contributed by atoms with E-state index in [9.17, 15) is 9.59 Å². The minimum Gasteiger partial charge on any atom is -0.490 e. The average molecular weight is 523 g/mol. The second-order valence-corrected chi connectivity index (χ2v) is 10.7. The minimum absolute atomic E-state index is 0.0309. The molecule has 2 fully saturated rings. The van der Waals surface area contributed by atoms with E-state index in [0.717, 1.165) is 78.4 Å². The van der Waals surface area contributed by atoms with Gasteiger partial charge >= 0.3 is 0 Å². The molecule has 2 aliphatic heterocycles. The van der Waals surface area contributed by atoms with Crippen LogP contribution in [0.25, 0.3) is 22.2 Å². The van der Waals surface area contributed by atoms with Gasteiger partial charge in [-0.15, -0.1) is 0 Å². The van der Waals surface area contributed by atoms with Crippen LogP contribution in [0.4, 0.5) is 0 Å². The molecule has 2 bridgehead atoms. The first kappa shape index (κ1) is 25.2. The third-order valence-electron chi connectivity index (χ3n) is 8.21. The van der Waals surface area contributed by atoms with Gasteiger partial charge in [0.05, 0.1) is 17.3 Å². The summed E-state index contributed by atoms with van der Waals surface area (Å²) in [6.45, 7) is 2.13. The van der Waals surface area contributed by atoms with Crippen molar-refractivity contribution >= 4 is 23.2 Å². The molecular formula is C32H34N4O3. The summed E-state index contributed by atoms with van der Waals surface area (Å²) in [5, 5.41) is 11.8. The Morgan fingerprint density at radius 2 is 1.82 bits per heavy atom. The second kappa shape index (κ2) is 10.9. The Kier molecular flexibility index (Phi) is 7.05. The number of hydrogen-bond acceptors (Lipinski definition) is 4. The summed E-state index contributed by atoms with van der Waals surface area (Å²) in [6, 6.07) is 24.4. The topological polar surface area (TPSA) is 87.3 Å². The van der Waals surface area contributed by atoms with E-state index < -0.39 is 0 Å². The Labute approximate surface area is 228 Å². The smallest absolute Gasteiger partial charge is 0.251 e. The maximum absolute atomic E-state index is 13.3. The van der Waals surface area contributed by atoms with Gasteiger partial charge in [0, 0.05) is 41.4 Å². The highest BCUT2D eigenvalue weighted by molar-refractivity contribution is 6.01. The first-order valence-electron chi connectivity index (χ1n) is 14.0. The van der Waals surface area contributed by atoms with Gasteiger partial charge in [0.2, 0.25) is 6.41 Å². The molecule has 0 radical (unpaired) electrons. The number of aromatic amines is 1. The van der Waals surface area contributed by atoms with Crippen molar-refractivity contribution in [1.82, 2.24) is 20.4 Å². The molecule has 0 saturated carbocycles. The average Bonchev–Trinajstić information content (AvgIpc) is 3.50. The van der Waals surface area contributed by atoms with Gasteiger partial charge < -0.3 is 15.0 Å². The number of benzene rings is 3. The minimum atomic E-state index is -0.0929. The van der Waals surface area contributed by atoms with Gasteiger partial charge in [-0.2, -0.15) is 5.10 Å². The van der Waals surface area contributed by atoms with E-state index in [1.54, 1.807) is 0 Å². The van der Waals surface area contributed by atoms with E-state index in [2.05, 4.69) is 34.6 Å². The van der Waals surface area contributed by atoms with Crippen LogP contribution in [-0.2, 0) is 4.79 Å². The van der Waals surface area contributed by atoms with Crippen molar-refractivity contribution in [2.24, 2.45) is 0 Å². The maximum atomic E-state index is 13.3. The molecule has 2 aliphatic rings. The quantitative estimate of drug-likeness (QED) is 0.263. The van der Waals surface area contributed by atoms with Gasteiger partial charge in [-0.05, 0) is 67.3 Å². The summed E-state index contributed by atoms with van der Waals surface area (Å²) < 4.78 is 6.31. The molecule has 0 aliphatic carbocycles. The molecule has 7 heteroatoms. The van der Waals surface area contributed by atoms with E-state index in [0.29, 0.717) is 17.6 Å². The number of nitrogens with one attached hydrogen (secondary N) is 2. The number of carbonyl (C=O) groups excluding carboxylic acids is 2. The summed E-state index contributed by atoms with van der Waals surface area (Å²) in [5.74, 6) is 0.732. The van der Waals surface area contributed by atoms with Crippen LogP contribution in [0.2, 0.25) is 0 Å². The molecule has 0 unspecified atom stereocenters. The largest absolute Gasteiger partial charge is 0.490 e. The van der Waals surface area contributed by atoms with Crippen LogP contribution >= 0.6 is 0 Å². The summed E-state index contributed by atoms with van der Waals surface area (Å²) in [5.41, 5.74) is 4.36. The molecule has 1 aromatic heterocycles. The number of carbonyl (C=O) groups is 2. The van der Waals surface area contributed by atoms with E-state index in [1.165, 1.54) is 0 Å². The van der Waals surface area contributed by atoms with E-state index in [1.807, 2.05) is 65.6 Å². The number of piperidine rings is 1. The summed E-state index contributed by atoms with van der Waals surface area (Å²) >= 11 is 0. The van der Waals surface area contributed by atoms with E-state index in [4.69, 9.17) is 4.74 Å². The lowest BCUT2D eigenvalue weighted by molar-refractivity contribution is -0.123. The summed E-state index contributed by atoms with van der Waals surface area (Å²) in [4.78, 5) is 26.6. The number of amides is 2. The van der Waals surface area contributed by atoms with Crippen molar-refractivity contribution in [1.29, 1.82) is 0 Å². The second-order valence-electron chi connectivity index (χ2n) is 10.7. The number of nitrogens with zero attached hydrogens (tertiary/aromatic N) is 2. The maximum Gasteiger partial charge on any atom is 0.251 e. The van der Waals surface area contributed by atoms with Crippen molar-refractivity contribution in [2.45, 2.75) is 69.7 Å².